The van der Waals surface area contributed by atoms with E-state index in [4.69, 9.17) is 4.52 Å². The van der Waals surface area contributed by atoms with Crippen molar-refractivity contribution >= 4 is 10.0 Å². The molecule has 1 aromatic carbocycles. The van der Waals surface area contributed by atoms with E-state index in [2.05, 4.69) is 14.9 Å². The van der Waals surface area contributed by atoms with E-state index in [0.717, 1.165) is 6.07 Å². The van der Waals surface area contributed by atoms with Gasteiger partial charge in [-0.05, 0) is 30.7 Å². The largest absolute Gasteiger partial charge is 0.339 e. The lowest BCUT2D eigenvalue weighted by Gasteiger charge is -2.10. The van der Waals surface area contributed by atoms with Crippen molar-refractivity contribution in [3.63, 3.8) is 0 Å². The molecule has 0 spiro atoms. The number of aryl methyl sites for hydroxylation is 1. The second kappa shape index (κ2) is 6.37. The predicted octanol–water partition coefficient (Wildman–Crippen LogP) is 2.34. The summed E-state index contributed by atoms with van der Waals surface area (Å²) < 4.78 is 45.1. The third kappa shape index (κ3) is 4.35. The van der Waals surface area contributed by atoms with E-state index >= 15 is 0 Å². The molecule has 8 heteroatoms. The quantitative estimate of drug-likeness (QED) is 0.902. The Hall–Kier alpha value is -1.80. The standard InChI is InChI=1S/C15H20FN3O3S/c1-10-9-11(16)5-6-12(10)23(20,21)17-8-7-13-18-14(22-19-13)15(2,3)4/h5-6,9,17H,7-8H2,1-4H3. The average molecular weight is 341 g/mol. The summed E-state index contributed by atoms with van der Waals surface area (Å²) in [6.45, 7) is 7.52. The summed E-state index contributed by atoms with van der Waals surface area (Å²) in [7, 11) is -3.70. The van der Waals surface area contributed by atoms with Crippen LogP contribution in [0.25, 0.3) is 0 Å². The van der Waals surface area contributed by atoms with Gasteiger partial charge in [-0.25, -0.2) is 17.5 Å². The topological polar surface area (TPSA) is 85.1 Å². The molecule has 0 aliphatic heterocycles. The van der Waals surface area contributed by atoms with Crippen LogP contribution in [0.15, 0.2) is 27.6 Å². The molecule has 6 nitrogen and oxygen atoms in total. The minimum atomic E-state index is -3.70. The van der Waals surface area contributed by atoms with Crippen molar-refractivity contribution in [2.24, 2.45) is 0 Å². The first-order valence-electron chi connectivity index (χ1n) is 7.18. The zero-order valence-electron chi connectivity index (χ0n) is 13.6. The van der Waals surface area contributed by atoms with Gasteiger partial charge < -0.3 is 4.52 Å². The maximum atomic E-state index is 13.1. The van der Waals surface area contributed by atoms with Gasteiger partial charge in [0.15, 0.2) is 5.82 Å². The van der Waals surface area contributed by atoms with Crippen molar-refractivity contribution in [1.82, 2.24) is 14.9 Å². The number of sulfonamides is 1. The maximum Gasteiger partial charge on any atom is 0.240 e. The molecule has 0 amide bonds. The average Bonchev–Trinajstić information content (AvgIpc) is 2.86. The molecular weight excluding hydrogens is 321 g/mol. The third-order valence-electron chi connectivity index (χ3n) is 3.18. The molecular formula is C15H20FN3O3S. The van der Waals surface area contributed by atoms with Crippen LogP contribution in [0.5, 0.6) is 0 Å². The summed E-state index contributed by atoms with van der Waals surface area (Å²) in [5, 5.41) is 3.83. The molecule has 0 atom stereocenters. The molecule has 126 valence electrons. The smallest absolute Gasteiger partial charge is 0.240 e. The minimum Gasteiger partial charge on any atom is -0.339 e. The number of hydrogen-bond donors (Lipinski definition) is 1. The monoisotopic (exact) mass is 341 g/mol. The number of nitrogens with zero attached hydrogens (tertiary/aromatic N) is 2. The second-order valence-electron chi connectivity index (χ2n) is 6.32. The molecule has 0 saturated carbocycles. The Morgan fingerprint density at radius 2 is 2.00 bits per heavy atom. The van der Waals surface area contributed by atoms with Crippen LogP contribution in [0.3, 0.4) is 0 Å². The fraction of sp³-hybridized carbons (Fsp3) is 0.467. The SMILES string of the molecule is Cc1cc(F)ccc1S(=O)(=O)NCCc1noc(C(C)(C)C)n1. The van der Waals surface area contributed by atoms with Crippen molar-refractivity contribution in [3.8, 4) is 0 Å². The summed E-state index contributed by atoms with van der Waals surface area (Å²) in [5.74, 6) is 0.473. The Morgan fingerprint density at radius 3 is 2.57 bits per heavy atom. The Morgan fingerprint density at radius 1 is 1.30 bits per heavy atom. The van der Waals surface area contributed by atoms with Crippen LogP contribution in [0.4, 0.5) is 4.39 Å². The van der Waals surface area contributed by atoms with Gasteiger partial charge in [0.1, 0.15) is 5.82 Å². The fourth-order valence-corrected chi connectivity index (χ4v) is 3.21. The highest BCUT2D eigenvalue weighted by Gasteiger charge is 2.22. The van der Waals surface area contributed by atoms with E-state index in [1.807, 2.05) is 20.8 Å². The van der Waals surface area contributed by atoms with Crippen LogP contribution in [-0.4, -0.2) is 25.1 Å². The normalized spacial score (nSPS) is 12.6. The molecule has 0 fully saturated rings. The lowest BCUT2D eigenvalue weighted by Crippen LogP contribution is -2.27. The van der Waals surface area contributed by atoms with Crippen LogP contribution in [0.2, 0.25) is 0 Å². The number of hydrogen-bond acceptors (Lipinski definition) is 5. The van der Waals surface area contributed by atoms with E-state index in [-0.39, 0.29) is 16.9 Å². The van der Waals surface area contributed by atoms with Gasteiger partial charge in [-0.15, -0.1) is 0 Å². The lowest BCUT2D eigenvalue weighted by molar-refractivity contribution is 0.318. The first-order chi connectivity index (χ1) is 10.6. The number of nitrogens with one attached hydrogen (secondary N) is 1. The molecule has 1 N–H and O–H groups in total. The highest BCUT2D eigenvalue weighted by molar-refractivity contribution is 7.89. The number of halogens is 1. The van der Waals surface area contributed by atoms with Gasteiger partial charge in [-0.2, -0.15) is 4.98 Å². The summed E-state index contributed by atoms with van der Waals surface area (Å²) in [6.07, 6.45) is 0.305. The zero-order valence-corrected chi connectivity index (χ0v) is 14.4. The summed E-state index contributed by atoms with van der Waals surface area (Å²) in [5.41, 5.74) is 0.0998. The molecule has 1 heterocycles. The number of benzene rings is 1. The lowest BCUT2D eigenvalue weighted by atomic mass is 9.97. The van der Waals surface area contributed by atoms with Gasteiger partial charge >= 0.3 is 0 Å². The summed E-state index contributed by atoms with van der Waals surface area (Å²) >= 11 is 0. The Bertz CT molecular complexity index is 795. The van der Waals surface area contributed by atoms with Crippen LogP contribution >= 0.6 is 0 Å². The first kappa shape index (κ1) is 17.6. The van der Waals surface area contributed by atoms with Crippen molar-refractivity contribution in [3.05, 3.63) is 41.3 Å². The van der Waals surface area contributed by atoms with E-state index in [9.17, 15) is 12.8 Å². The minimum absolute atomic E-state index is 0.0578. The number of aromatic nitrogens is 2. The Labute approximate surface area is 135 Å². The molecule has 2 aromatic rings. The van der Waals surface area contributed by atoms with Gasteiger partial charge in [0.05, 0.1) is 4.90 Å². The maximum absolute atomic E-state index is 13.1. The second-order valence-corrected chi connectivity index (χ2v) is 8.06. The third-order valence-corrected chi connectivity index (χ3v) is 4.80. The molecule has 23 heavy (non-hydrogen) atoms. The number of rotatable bonds is 5. The molecule has 0 aliphatic rings. The van der Waals surface area contributed by atoms with Gasteiger partial charge in [-0.1, -0.05) is 25.9 Å². The molecule has 0 saturated heterocycles. The van der Waals surface area contributed by atoms with Crippen LogP contribution in [0, 0.1) is 12.7 Å². The van der Waals surface area contributed by atoms with E-state index in [0.29, 0.717) is 23.7 Å². The predicted molar refractivity (Wildman–Crippen MR) is 83.0 cm³/mol. The fourth-order valence-electron chi connectivity index (χ4n) is 1.95. The van der Waals surface area contributed by atoms with Gasteiger partial charge in [0.25, 0.3) is 0 Å². The van der Waals surface area contributed by atoms with E-state index < -0.39 is 15.8 Å². The summed E-state index contributed by atoms with van der Waals surface area (Å²) in [6, 6.07) is 3.55. The molecule has 0 unspecified atom stereocenters. The van der Waals surface area contributed by atoms with Crippen LogP contribution < -0.4 is 4.72 Å². The van der Waals surface area contributed by atoms with Crippen molar-refractivity contribution in [1.29, 1.82) is 0 Å². The van der Waals surface area contributed by atoms with Crippen LogP contribution in [-0.2, 0) is 21.9 Å². The van der Waals surface area contributed by atoms with E-state index in [1.54, 1.807) is 6.92 Å². The van der Waals surface area contributed by atoms with Gasteiger partial charge in [-0.3, -0.25) is 0 Å². The first-order valence-corrected chi connectivity index (χ1v) is 8.67. The van der Waals surface area contributed by atoms with Crippen LogP contribution in [0.1, 0.15) is 38.0 Å². The Kier molecular flexibility index (Phi) is 4.86. The van der Waals surface area contributed by atoms with Gasteiger partial charge in [0.2, 0.25) is 15.9 Å². The van der Waals surface area contributed by atoms with Gasteiger partial charge in [0, 0.05) is 18.4 Å². The van der Waals surface area contributed by atoms with Crippen molar-refractivity contribution < 1.29 is 17.3 Å². The molecule has 1 aromatic heterocycles. The highest BCUT2D eigenvalue weighted by Crippen LogP contribution is 2.20. The zero-order chi connectivity index (χ0) is 17.3. The Balaban J connectivity index is 2.01. The molecule has 2 rings (SSSR count). The van der Waals surface area contributed by atoms with Crippen molar-refractivity contribution in [2.75, 3.05) is 6.54 Å². The molecule has 0 radical (unpaired) electrons. The highest BCUT2D eigenvalue weighted by atomic mass is 32.2. The van der Waals surface area contributed by atoms with E-state index in [1.165, 1.54) is 12.1 Å². The molecule has 0 aliphatic carbocycles. The molecule has 0 bridgehead atoms. The van der Waals surface area contributed by atoms with Crippen molar-refractivity contribution in [2.45, 2.75) is 44.4 Å². The summed E-state index contributed by atoms with van der Waals surface area (Å²) in [4.78, 5) is 4.30.